The molecule has 1 aromatic heterocycles. The normalized spacial score (nSPS) is 10.4. The smallest absolute Gasteiger partial charge is 0.261 e. The van der Waals surface area contributed by atoms with Crippen LogP contribution in [0.25, 0.3) is 0 Å². The molecule has 1 heterocycles. The number of amides is 1. The Kier molecular flexibility index (Phi) is 5.53. The van der Waals surface area contributed by atoms with Crippen molar-refractivity contribution in [2.45, 2.75) is 46.5 Å². The Morgan fingerprint density at radius 3 is 2.62 bits per heavy atom. The summed E-state index contributed by atoms with van der Waals surface area (Å²) in [6.45, 7) is 7.15. The summed E-state index contributed by atoms with van der Waals surface area (Å²) in [6, 6.07) is 2.06. The Morgan fingerprint density at radius 1 is 1.31 bits per heavy atom. The molecule has 1 rings (SSSR count). The molecule has 0 bridgehead atoms. The van der Waals surface area contributed by atoms with Gasteiger partial charge in [-0.05, 0) is 30.9 Å². The molecule has 0 aliphatic rings. The van der Waals surface area contributed by atoms with E-state index in [1.54, 1.807) is 11.3 Å². The fourth-order valence-corrected chi connectivity index (χ4v) is 2.91. The van der Waals surface area contributed by atoms with Gasteiger partial charge in [-0.3, -0.25) is 4.79 Å². The number of rotatable bonds is 6. The molecular weight excluding hydrogens is 218 g/mol. The maximum atomic E-state index is 11.8. The Labute approximate surface area is 102 Å². The number of carbonyl (C=O) groups is 1. The minimum absolute atomic E-state index is 0.0869. The van der Waals surface area contributed by atoms with Gasteiger partial charge in [0, 0.05) is 11.4 Å². The van der Waals surface area contributed by atoms with E-state index in [1.807, 2.05) is 0 Å². The van der Waals surface area contributed by atoms with Crippen molar-refractivity contribution >= 4 is 17.2 Å². The highest BCUT2D eigenvalue weighted by molar-refractivity contribution is 7.14. The molecule has 0 aliphatic carbocycles. The first kappa shape index (κ1) is 13.2. The Morgan fingerprint density at radius 2 is 2.06 bits per heavy atom. The van der Waals surface area contributed by atoms with Gasteiger partial charge >= 0.3 is 0 Å². The van der Waals surface area contributed by atoms with Crippen LogP contribution in [-0.2, 0) is 12.8 Å². The third kappa shape index (κ3) is 3.34. The molecule has 2 nitrogen and oxygen atoms in total. The van der Waals surface area contributed by atoms with Crippen LogP contribution < -0.4 is 5.32 Å². The van der Waals surface area contributed by atoms with Gasteiger partial charge in [0.05, 0.1) is 4.88 Å². The van der Waals surface area contributed by atoms with Crippen LogP contribution in [-0.4, -0.2) is 12.5 Å². The van der Waals surface area contributed by atoms with Crippen LogP contribution in [0.2, 0.25) is 0 Å². The molecule has 0 aromatic carbocycles. The molecule has 1 N–H and O–H groups in total. The van der Waals surface area contributed by atoms with Gasteiger partial charge < -0.3 is 5.32 Å². The van der Waals surface area contributed by atoms with E-state index < -0.39 is 0 Å². The lowest BCUT2D eigenvalue weighted by Crippen LogP contribution is -2.22. The summed E-state index contributed by atoms with van der Waals surface area (Å²) >= 11 is 1.66. The third-order valence-corrected chi connectivity index (χ3v) is 3.75. The fraction of sp³-hybridized carbons (Fsp3) is 0.615. The van der Waals surface area contributed by atoms with Crippen molar-refractivity contribution in [1.29, 1.82) is 0 Å². The largest absolute Gasteiger partial charge is 0.351 e. The topological polar surface area (TPSA) is 29.1 Å². The Bertz CT molecular complexity index is 344. The zero-order valence-corrected chi connectivity index (χ0v) is 11.2. The summed E-state index contributed by atoms with van der Waals surface area (Å²) in [7, 11) is 0. The summed E-state index contributed by atoms with van der Waals surface area (Å²) in [5.74, 6) is 0.0869. The molecule has 3 heteroatoms. The molecule has 0 aliphatic heterocycles. The van der Waals surface area contributed by atoms with Crippen LogP contribution in [0.5, 0.6) is 0 Å². The molecular formula is C13H21NOS. The Balaban J connectivity index is 2.77. The van der Waals surface area contributed by atoms with Crippen LogP contribution in [0.4, 0.5) is 0 Å². The van der Waals surface area contributed by atoms with E-state index in [0.717, 1.165) is 37.1 Å². The lowest BCUT2D eigenvalue weighted by molar-refractivity contribution is 0.0957. The van der Waals surface area contributed by atoms with Gasteiger partial charge in [-0.2, -0.15) is 0 Å². The average Bonchev–Trinajstić information content (AvgIpc) is 2.69. The van der Waals surface area contributed by atoms with E-state index in [4.69, 9.17) is 0 Å². The molecule has 0 unspecified atom stereocenters. The molecule has 0 spiro atoms. The minimum Gasteiger partial charge on any atom is -0.351 e. The van der Waals surface area contributed by atoms with Gasteiger partial charge in [0.15, 0.2) is 0 Å². The second-order valence-electron chi connectivity index (χ2n) is 3.92. The van der Waals surface area contributed by atoms with Crippen LogP contribution in [0.1, 0.15) is 53.7 Å². The van der Waals surface area contributed by atoms with Crippen molar-refractivity contribution in [1.82, 2.24) is 5.32 Å². The molecule has 1 aromatic rings. The van der Waals surface area contributed by atoms with Gasteiger partial charge in [-0.1, -0.05) is 27.2 Å². The fourth-order valence-electron chi connectivity index (χ4n) is 1.64. The summed E-state index contributed by atoms with van der Waals surface area (Å²) in [4.78, 5) is 14.0. The maximum absolute atomic E-state index is 11.8. The van der Waals surface area contributed by atoms with Crippen LogP contribution in [0.15, 0.2) is 6.07 Å². The first-order valence-corrected chi connectivity index (χ1v) is 6.94. The zero-order chi connectivity index (χ0) is 12.0. The van der Waals surface area contributed by atoms with E-state index in [2.05, 4.69) is 32.2 Å². The second-order valence-corrected chi connectivity index (χ2v) is 5.06. The lowest BCUT2D eigenvalue weighted by Gasteiger charge is -1.99. The Hall–Kier alpha value is -0.830. The van der Waals surface area contributed by atoms with Gasteiger partial charge in [0.2, 0.25) is 0 Å². The predicted molar refractivity (Wildman–Crippen MR) is 70.3 cm³/mol. The number of nitrogens with one attached hydrogen (secondary N) is 1. The van der Waals surface area contributed by atoms with Crippen molar-refractivity contribution in [3.05, 3.63) is 21.4 Å². The van der Waals surface area contributed by atoms with Crippen molar-refractivity contribution in [2.24, 2.45) is 0 Å². The number of carbonyl (C=O) groups excluding carboxylic acids is 1. The number of thiophene rings is 1. The SMILES string of the molecule is CCCNC(=O)c1cc(CC)c(CCC)s1. The third-order valence-electron chi connectivity index (χ3n) is 2.51. The summed E-state index contributed by atoms with van der Waals surface area (Å²) in [6.07, 6.45) is 4.24. The van der Waals surface area contributed by atoms with E-state index in [1.165, 1.54) is 10.4 Å². The van der Waals surface area contributed by atoms with Gasteiger partial charge in [0.1, 0.15) is 0 Å². The molecule has 0 radical (unpaired) electrons. The molecule has 0 atom stereocenters. The first-order valence-electron chi connectivity index (χ1n) is 6.12. The summed E-state index contributed by atoms with van der Waals surface area (Å²) < 4.78 is 0. The second kappa shape index (κ2) is 6.69. The monoisotopic (exact) mass is 239 g/mol. The highest BCUT2D eigenvalue weighted by Crippen LogP contribution is 2.24. The first-order chi connectivity index (χ1) is 7.72. The van der Waals surface area contributed by atoms with Gasteiger partial charge in [-0.15, -0.1) is 11.3 Å². The average molecular weight is 239 g/mol. The number of hydrogen-bond acceptors (Lipinski definition) is 2. The van der Waals surface area contributed by atoms with E-state index >= 15 is 0 Å². The van der Waals surface area contributed by atoms with Crippen molar-refractivity contribution in [2.75, 3.05) is 6.54 Å². The van der Waals surface area contributed by atoms with E-state index in [9.17, 15) is 4.79 Å². The van der Waals surface area contributed by atoms with Gasteiger partial charge in [-0.25, -0.2) is 0 Å². The summed E-state index contributed by atoms with van der Waals surface area (Å²) in [5, 5.41) is 2.93. The molecule has 16 heavy (non-hydrogen) atoms. The predicted octanol–water partition coefficient (Wildman–Crippen LogP) is 3.40. The number of aryl methyl sites for hydroxylation is 2. The highest BCUT2D eigenvalue weighted by Gasteiger charge is 2.12. The maximum Gasteiger partial charge on any atom is 0.261 e. The van der Waals surface area contributed by atoms with Crippen LogP contribution in [0.3, 0.4) is 0 Å². The van der Waals surface area contributed by atoms with Crippen LogP contribution in [0, 0.1) is 0 Å². The molecule has 0 saturated carbocycles. The van der Waals surface area contributed by atoms with E-state index in [-0.39, 0.29) is 5.91 Å². The number of hydrogen-bond donors (Lipinski definition) is 1. The highest BCUT2D eigenvalue weighted by atomic mass is 32.1. The van der Waals surface area contributed by atoms with Crippen molar-refractivity contribution in [3.63, 3.8) is 0 Å². The summed E-state index contributed by atoms with van der Waals surface area (Å²) in [5.41, 5.74) is 1.34. The van der Waals surface area contributed by atoms with E-state index in [0.29, 0.717) is 0 Å². The molecule has 90 valence electrons. The van der Waals surface area contributed by atoms with Gasteiger partial charge in [0.25, 0.3) is 5.91 Å². The molecule has 0 fully saturated rings. The zero-order valence-electron chi connectivity index (χ0n) is 10.4. The molecule has 0 saturated heterocycles. The van der Waals surface area contributed by atoms with Crippen molar-refractivity contribution < 1.29 is 4.79 Å². The van der Waals surface area contributed by atoms with Crippen molar-refractivity contribution in [3.8, 4) is 0 Å². The lowest BCUT2D eigenvalue weighted by atomic mass is 10.1. The minimum atomic E-state index is 0.0869. The molecule has 1 amide bonds. The standard InChI is InChI=1S/C13H21NOS/c1-4-7-11-10(6-3)9-12(16-11)13(15)14-8-5-2/h9H,4-8H2,1-3H3,(H,14,15). The quantitative estimate of drug-likeness (QED) is 0.810. The van der Waals surface area contributed by atoms with Crippen LogP contribution >= 0.6 is 11.3 Å².